The van der Waals surface area contributed by atoms with E-state index in [-0.39, 0.29) is 29.5 Å². The normalized spacial score (nSPS) is 11.9. The topological polar surface area (TPSA) is 88.4 Å². The highest BCUT2D eigenvalue weighted by molar-refractivity contribution is 5.94. The maximum absolute atomic E-state index is 11.8. The molecule has 0 saturated heterocycles. The highest BCUT2D eigenvalue weighted by atomic mass is 16.4. The number of aromatic nitrogens is 1. The van der Waals surface area contributed by atoms with Gasteiger partial charge in [0.2, 0.25) is 0 Å². The minimum atomic E-state index is -0.898. The molecule has 0 spiro atoms. The molecule has 6 heteroatoms. The van der Waals surface area contributed by atoms with E-state index in [1.807, 2.05) is 0 Å². The van der Waals surface area contributed by atoms with Crippen molar-refractivity contribution in [1.29, 1.82) is 0 Å². The Hall–Kier alpha value is -2.11. The van der Waals surface area contributed by atoms with Gasteiger partial charge in [0.15, 0.2) is 0 Å². The van der Waals surface area contributed by atoms with Gasteiger partial charge in [0, 0.05) is 37.3 Å². The molecule has 0 fully saturated rings. The molecule has 1 atom stereocenters. The fourth-order valence-electron chi connectivity index (χ4n) is 1.41. The monoisotopic (exact) mass is 252 g/mol. The smallest absolute Gasteiger partial charge is 0.303 e. The van der Waals surface area contributed by atoms with Crippen LogP contribution in [0.25, 0.3) is 0 Å². The van der Waals surface area contributed by atoms with Crippen LogP contribution in [0.1, 0.15) is 30.1 Å². The van der Waals surface area contributed by atoms with Gasteiger partial charge in [-0.05, 0) is 19.4 Å². The number of nitrogens with zero attached hydrogens (tertiary/aromatic N) is 1. The lowest BCUT2D eigenvalue weighted by Gasteiger charge is -2.12. The Balaban J connectivity index is 2.62. The molecule has 0 saturated carbocycles. The minimum absolute atomic E-state index is 0.00198. The van der Waals surface area contributed by atoms with Gasteiger partial charge in [-0.15, -0.1) is 0 Å². The lowest BCUT2D eigenvalue weighted by molar-refractivity contribution is -0.137. The fraction of sp³-hybridized carbons (Fsp3) is 0.417. The summed E-state index contributed by atoms with van der Waals surface area (Å²) in [6, 6.07) is 2.54. The van der Waals surface area contributed by atoms with Crippen molar-refractivity contribution in [3.8, 4) is 0 Å². The first-order valence-electron chi connectivity index (χ1n) is 5.59. The van der Waals surface area contributed by atoms with Crippen LogP contribution in [0.15, 0.2) is 23.1 Å². The van der Waals surface area contributed by atoms with E-state index >= 15 is 0 Å². The van der Waals surface area contributed by atoms with Crippen LogP contribution < -0.4 is 10.9 Å². The molecule has 1 unspecified atom stereocenters. The van der Waals surface area contributed by atoms with Crippen LogP contribution in [0, 0.1) is 0 Å². The first kappa shape index (κ1) is 14.0. The number of carbonyl (C=O) groups excluding carboxylic acids is 1. The number of carboxylic acid groups (broad SMARTS) is 1. The Kier molecular flexibility index (Phi) is 4.65. The molecule has 0 aromatic carbocycles. The predicted molar refractivity (Wildman–Crippen MR) is 65.5 cm³/mol. The maximum atomic E-state index is 11.8. The first-order valence-corrected chi connectivity index (χ1v) is 5.59. The summed E-state index contributed by atoms with van der Waals surface area (Å²) in [5.41, 5.74) is 0.0149. The summed E-state index contributed by atoms with van der Waals surface area (Å²) in [7, 11) is 1.60. The average molecular weight is 252 g/mol. The third-order valence-electron chi connectivity index (χ3n) is 2.54. The van der Waals surface area contributed by atoms with Crippen LogP contribution in [0.4, 0.5) is 0 Å². The molecular weight excluding hydrogens is 236 g/mol. The standard InChI is InChI=1S/C12H16N2O4/c1-8(3-4-11(16)17)13-12(18)9-5-6-14(2)10(15)7-9/h5-8H,3-4H2,1-2H3,(H,13,18)(H,16,17). The minimum Gasteiger partial charge on any atom is -0.481 e. The average Bonchev–Trinajstić information content (AvgIpc) is 2.30. The van der Waals surface area contributed by atoms with Gasteiger partial charge in [-0.25, -0.2) is 0 Å². The lowest BCUT2D eigenvalue weighted by atomic mass is 10.1. The highest BCUT2D eigenvalue weighted by Gasteiger charge is 2.11. The van der Waals surface area contributed by atoms with Gasteiger partial charge < -0.3 is 15.0 Å². The molecule has 1 aromatic heterocycles. The van der Waals surface area contributed by atoms with Crippen molar-refractivity contribution in [1.82, 2.24) is 9.88 Å². The number of pyridine rings is 1. The summed E-state index contributed by atoms with van der Waals surface area (Å²) < 4.78 is 1.37. The lowest BCUT2D eigenvalue weighted by Crippen LogP contribution is -2.33. The molecule has 1 aromatic rings. The predicted octanol–water partition coefficient (Wildman–Crippen LogP) is 0.368. The van der Waals surface area contributed by atoms with Crippen LogP contribution in [0.5, 0.6) is 0 Å². The SMILES string of the molecule is CC(CCC(=O)O)NC(=O)c1ccn(C)c(=O)c1. The Bertz CT molecular complexity index is 507. The van der Waals surface area contributed by atoms with E-state index in [0.29, 0.717) is 6.42 Å². The second kappa shape index (κ2) is 6.00. The van der Waals surface area contributed by atoms with Crippen molar-refractivity contribution in [2.24, 2.45) is 7.05 Å². The Morgan fingerprint density at radius 1 is 1.50 bits per heavy atom. The molecule has 98 valence electrons. The summed E-state index contributed by atoms with van der Waals surface area (Å²) in [4.78, 5) is 33.5. The van der Waals surface area contributed by atoms with Crippen molar-refractivity contribution in [3.63, 3.8) is 0 Å². The highest BCUT2D eigenvalue weighted by Crippen LogP contribution is 2.00. The number of hydrogen-bond donors (Lipinski definition) is 2. The van der Waals surface area contributed by atoms with Gasteiger partial charge >= 0.3 is 5.97 Å². The fourth-order valence-corrected chi connectivity index (χ4v) is 1.41. The zero-order valence-electron chi connectivity index (χ0n) is 10.3. The van der Waals surface area contributed by atoms with E-state index in [1.54, 1.807) is 20.0 Å². The van der Waals surface area contributed by atoms with Gasteiger partial charge in [-0.3, -0.25) is 14.4 Å². The Morgan fingerprint density at radius 2 is 2.17 bits per heavy atom. The third kappa shape index (κ3) is 4.04. The van der Waals surface area contributed by atoms with Crippen LogP contribution in [-0.4, -0.2) is 27.6 Å². The summed E-state index contributed by atoms with van der Waals surface area (Å²) in [6.07, 6.45) is 1.86. The molecule has 1 heterocycles. The summed E-state index contributed by atoms with van der Waals surface area (Å²) >= 11 is 0. The van der Waals surface area contributed by atoms with E-state index in [4.69, 9.17) is 5.11 Å². The van der Waals surface area contributed by atoms with Gasteiger partial charge in [-0.1, -0.05) is 0 Å². The quantitative estimate of drug-likeness (QED) is 0.792. The van der Waals surface area contributed by atoms with Crippen LogP contribution >= 0.6 is 0 Å². The zero-order chi connectivity index (χ0) is 13.7. The summed E-state index contributed by atoms with van der Waals surface area (Å²) in [6.45, 7) is 1.72. The number of amides is 1. The van der Waals surface area contributed by atoms with Crippen LogP contribution in [0.2, 0.25) is 0 Å². The van der Waals surface area contributed by atoms with E-state index in [9.17, 15) is 14.4 Å². The van der Waals surface area contributed by atoms with Crippen molar-refractivity contribution >= 4 is 11.9 Å². The maximum Gasteiger partial charge on any atom is 0.303 e. The van der Waals surface area contributed by atoms with Crippen molar-refractivity contribution in [2.45, 2.75) is 25.8 Å². The molecule has 1 rings (SSSR count). The van der Waals surface area contributed by atoms with Crippen molar-refractivity contribution < 1.29 is 14.7 Å². The Morgan fingerprint density at radius 3 is 2.72 bits per heavy atom. The van der Waals surface area contributed by atoms with Gasteiger partial charge in [-0.2, -0.15) is 0 Å². The number of carbonyl (C=O) groups is 2. The molecule has 0 aliphatic heterocycles. The number of hydrogen-bond acceptors (Lipinski definition) is 3. The zero-order valence-corrected chi connectivity index (χ0v) is 10.3. The number of rotatable bonds is 5. The third-order valence-corrected chi connectivity index (χ3v) is 2.54. The largest absolute Gasteiger partial charge is 0.481 e. The number of nitrogens with one attached hydrogen (secondary N) is 1. The molecule has 0 aliphatic rings. The molecule has 2 N–H and O–H groups in total. The van der Waals surface area contributed by atoms with Gasteiger partial charge in [0.05, 0.1) is 0 Å². The van der Waals surface area contributed by atoms with E-state index in [2.05, 4.69) is 5.32 Å². The second-order valence-corrected chi connectivity index (χ2v) is 4.17. The molecule has 1 amide bonds. The molecule has 0 radical (unpaired) electrons. The van der Waals surface area contributed by atoms with Crippen molar-refractivity contribution in [3.05, 3.63) is 34.2 Å². The molecule has 6 nitrogen and oxygen atoms in total. The molecule has 18 heavy (non-hydrogen) atoms. The van der Waals surface area contributed by atoms with Crippen LogP contribution in [-0.2, 0) is 11.8 Å². The Labute approximate surface area is 104 Å². The number of carboxylic acids is 1. The first-order chi connectivity index (χ1) is 8.40. The summed E-state index contributed by atoms with van der Waals surface area (Å²) in [5.74, 6) is -1.27. The van der Waals surface area contributed by atoms with E-state index < -0.39 is 5.97 Å². The van der Waals surface area contributed by atoms with Gasteiger partial charge in [0.25, 0.3) is 11.5 Å². The summed E-state index contributed by atoms with van der Waals surface area (Å²) in [5, 5.41) is 11.2. The van der Waals surface area contributed by atoms with E-state index in [1.165, 1.54) is 16.8 Å². The van der Waals surface area contributed by atoms with E-state index in [0.717, 1.165) is 0 Å². The molecule has 0 aliphatic carbocycles. The van der Waals surface area contributed by atoms with Crippen LogP contribution in [0.3, 0.4) is 0 Å². The molecular formula is C12H16N2O4. The van der Waals surface area contributed by atoms with Gasteiger partial charge in [0.1, 0.15) is 0 Å². The number of aliphatic carboxylic acids is 1. The molecule has 0 bridgehead atoms. The second-order valence-electron chi connectivity index (χ2n) is 4.17. The van der Waals surface area contributed by atoms with Crippen molar-refractivity contribution in [2.75, 3.05) is 0 Å². The number of aryl methyl sites for hydroxylation is 1.